The van der Waals surface area contributed by atoms with E-state index in [2.05, 4.69) is 34.8 Å². The number of anilines is 2. The Kier molecular flexibility index (Phi) is 5.15. The number of carbonyl (C=O) groups is 1. The third-order valence-corrected chi connectivity index (χ3v) is 4.46. The summed E-state index contributed by atoms with van der Waals surface area (Å²) < 4.78 is 0. The summed E-state index contributed by atoms with van der Waals surface area (Å²) in [6, 6.07) is 15.6. The molecule has 0 aliphatic carbocycles. The smallest absolute Gasteiger partial charge is 0.206 e. The number of amidine groups is 1. The Morgan fingerprint density at radius 3 is 2.27 bits per heavy atom. The highest BCUT2D eigenvalue weighted by atomic mass is 35.5. The molecule has 0 spiro atoms. The first-order valence-corrected chi connectivity index (χ1v) is 8.66. The molecule has 3 rings (SSSR count). The molecule has 0 aromatic heterocycles. The average molecular weight is 372 g/mol. The molecule has 2 aromatic carbocycles. The molecule has 7 heteroatoms. The number of hydrogen-bond donors (Lipinski definition) is 1. The van der Waals surface area contributed by atoms with Gasteiger partial charge in [0, 0.05) is 38.8 Å². The zero-order chi connectivity index (χ0) is 18.8. The topological polar surface area (TPSA) is 51.2 Å². The Balaban J connectivity index is 2.03. The van der Waals surface area contributed by atoms with Gasteiger partial charge in [-0.25, -0.2) is 10.4 Å². The Morgan fingerprint density at radius 2 is 1.73 bits per heavy atom. The van der Waals surface area contributed by atoms with Gasteiger partial charge in [0.15, 0.2) is 5.78 Å². The fourth-order valence-corrected chi connectivity index (χ4v) is 2.93. The highest BCUT2D eigenvalue weighted by Gasteiger charge is 2.30. The van der Waals surface area contributed by atoms with Crippen molar-refractivity contribution in [1.29, 1.82) is 0 Å². The molecule has 2 aromatic rings. The van der Waals surface area contributed by atoms with Crippen LogP contribution >= 0.6 is 11.6 Å². The highest BCUT2D eigenvalue weighted by Crippen LogP contribution is 2.30. The lowest BCUT2D eigenvalue weighted by Crippen LogP contribution is -2.54. The predicted octanol–water partition coefficient (Wildman–Crippen LogP) is 3.26. The van der Waals surface area contributed by atoms with Crippen molar-refractivity contribution in [1.82, 2.24) is 10.4 Å². The second kappa shape index (κ2) is 7.35. The van der Waals surface area contributed by atoms with E-state index in [0.717, 1.165) is 16.9 Å². The molecule has 1 aliphatic heterocycles. The van der Waals surface area contributed by atoms with Crippen LogP contribution in [0.2, 0.25) is 5.02 Å². The molecule has 0 radical (unpaired) electrons. The molecular formula is C19H22ClN5O. The summed E-state index contributed by atoms with van der Waals surface area (Å²) in [4.78, 5) is 14.0. The van der Waals surface area contributed by atoms with Crippen molar-refractivity contribution in [3.05, 3.63) is 59.1 Å². The Hall–Kier alpha value is -2.57. The van der Waals surface area contributed by atoms with Gasteiger partial charge in [0.2, 0.25) is 5.84 Å². The number of hydrogen-bond acceptors (Lipinski definition) is 6. The minimum atomic E-state index is -0.250. The van der Waals surface area contributed by atoms with Gasteiger partial charge in [-0.2, -0.15) is 0 Å². The maximum Gasteiger partial charge on any atom is 0.206 e. The number of hydrazine groups is 1. The van der Waals surface area contributed by atoms with Crippen LogP contribution in [-0.2, 0) is 4.79 Å². The van der Waals surface area contributed by atoms with E-state index in [0.29, 0.717) is 10.9 Å². The van der Waals surface area contributed by atoms with Gasteiger partial charge in [-0.05, 0) is 42.0 Å². The molecule has 6 nitrogen and oxygen atoms in total. The summed E-state index contributed by atoms with van der Waals surface area (Å²) >= 11 is 6.02. The standard InChI is InChI=1S/C19H22ClN5O/c1-13(26)18-22-25(17-11-7-15(20)8-12-17)19(21-24(18)4)14-5-9-16(10-6-14)23(2)3/h5-12,19,21H,1-4H3/t19-/m1/s1. The lowest BCUT2D eigenvalue weighted by molar-refractivity contribution is -0.112. The monoisotopic (exact) mass is 371 g/mol. The van der Waals surface area contributed by atoms with E-state index in [1.54, 1.807) is 17.1 Å². The lowest BCUT2D eigenvalue weighted by Gasteiger charge is -2.39. The van der Waals surface area contributed by atoms with Crippen LogP contribution in [0.5, 0.6) is 0 Å². The number of rotatable bonds is 4. The molecular weight excluding hydrogens is 350 g/mol. The molecule has 26 heavy (non-hydrogen) atoms. The highest BCUT2D eigenvalue weighted by molar-refractivity contribution is 6.37. The van der Waals surface area contributed by atoms with Crippen molar-refractivity contribution in [3.63, 3.8) is 0 Å². The Bertz CT molecular complexity index is 817. The largest absolute Gasteiger partial charge is 0.378 e. The van der Waals surface area contributed by atoms with E-state index in [1.165, 1.54) is 6.92 Å². The van der Waals surface area contributed by atoms with Crippen molar-refractivity contribution in [3.8, 4) is 0 Å². The predicted molar refractivity (Wildman–Crippen MR) is 106 cm³/mol. The van der Waals surface area contributed by atoms with Gasteiger partial charge in [0.25, 0.3) is 0 Å². The molecule has 0 bridgehead atoms. The lowest BCUT2D eigenvalue weighted by atomic mass is 10.1. The maximum atomic E-state index is 11.9. The molecule has 1 aliphatic rings. The van der Waals surface area contributed by atoms with E-state index in [-0.39, 0.29) is 11.9 Å². The first kappa shape index (κ1) is 18.2. The summed E-state index contributed by atoms with van der Waals surface area (Å²) in [5.41, 5.74) is 6.33. The normalized spacial score (nSPS) is 17.1. The summed E-state index contributed by atoms with van der Waals surface area (Å²) in [6.07, 6.45) is -0.250. The number of nitrogens with one attached hydrogen (secondary N) is 1. The third-order valence-electron chi connectivity index (χ3n) is 4.21. The first-order valence-electron chi connectivity index (χ1n) is 8.28. The molecule has 1 atom stereocenters. The maximum absolute atomic E-state index is 11.9. The van der Waals surface area contributed by atoms with E-state index < -0.39 is 0 Å². The van der Waals surface area contributed by atoms with Crippen LogP contribution < -0.4 is 15.3 Å². The van der Waals surface area contributed by atoms with Gasteiger partial charge in [-0.1, -0.05) is 23.7 Å². The van der Waals surface area contributed by atoms with Gasteiger partial charge in [-0.3, -0.25) is 9.80 Å². The van der Waals surface area contributed by atoms with Crippen molar-refractivity contribution in [2.24, 2.45) is 5.10 Å². The fraction of sp³-hybridized carbons (Fsp3) is 0.263. The van der Waals surface area contributed by atoms with Crippen LogP contribution in [0, 0.1) is 0 Å². The molecule has 0 saturated heterocycles. The molecule has 0 saturated carbocycles. The van der Waals surface area contributed by atoms with Gasteiger partial charge < -0.3 is 4.90 Å². The third kappa shape index (κ3) is 3.66. The van der Waals surface area contributed by atoms with Crippen LogP contribution in [0.4, 0.5) is 11.4 Å². The summed E-state index contributed by atoms with van der Waals surface area (Å²) in [6.45, 7) is 1.50. The number of benzene rings is 2. The van der Waals surface area contributed by atoms with E-state index in [9.17, 15) is 4.79 Å². The number of hydrazone groups is 1. The quantitative estimate of drug-likeness (QED) is 0.894. The number of carbonyl (C=O) groups excluding carboxylic acids is 1. The van der Waals surface area contributed by atoms with Crippen LogP contribution in [-0.4, -0.2) is 37.8 Å². The van der Waals surface area contributed by atoms with Crippen molar-refractivity contribution in [2.75, 3.05) is 31.1 Å². The van der Waals surface area contributed by atoms with Crippen molar-refractivity contribution < 1.29 is 4.79 Å². The second-order valence-electron chi connectivity index (χ2n) is 6.38. The van der Waals surface area contributed by atoms with E-state index in [4.69, 9.17) is 11.6 Å². The van der Waals surface area contributed by atoms with Gasteiger partial charge in [-0.15, -0.1) is 5.10 Å². The summed E-state index contributed by atoms with van der Waals surface area (Å²) in [7, 11) is 5.80. The van der Waals surface area contributed by atoms with Crippen LogP contribution in [0.1, 0.15) is 18.7 Å². The average Bonchev–Trinajstić information content (AvgIpc) is 2.62. The Morgan fingerprint density at radius 1 is 1.12 bits per heavy atom. The van der Waals surface area contributed by atoms with Crippen molar-refractivity contribution >= 4 is 34.6 Å². The number of ketones is 1. The number of Topliss-reactive ketones (excluding diaryl/α,β-unsaturated/α-hetero) is 1. The van der Waals surface area contributed by atoms with Gasteiger partial charge >= 0.3 is 0 Å². The number of nitrogens with zero attached hydrogens (tertiary/aromatic N) is 4. The SMILES string of the molecule is CC(=O)C1=NN(c2ccc(Cl)cc2)[C@H](c2ccc(N(C)C)cc2)NN1C. The number of halogens is 1. The minimum absolute atomic E-state index is 0.111. The molecule has 0 fully saturated rings. The van der Waals surface area contributed by atoms with Gasteiger partial charge in [0.1, 0.15) is 6.17 Å². The van der Waals surface area contributed by atoms with Gasteiger partial charge in [0.05, 0.1) is 5.69 Å². The zero-order valence-electron chi connectivity index (χ0n) is 15.3. The van der Waals surface area contributed by atoms with Crippen LogP contribution in [0.25, 0.3) is 0 Å². The Labute approximate surface area is 158 Å². The summed E-state index contributed by atoms with van der Waals surface area (Å²) in [5.74, 6) is 0.237. The number of likely N-dealkylation sites (N-methyl/N-ethyl adjacent to an activating group) is 1. The molecule has 136 valence electrons. The van der Waals surface area contributed by atoms with Crippen molar-refractivity contribution in [2.45, 2.75) is 13.1 Å². The minimum Gasteiger partial charge on any atom is -0.378 e. The molecule has 1 heterocycles. The van der Waals surface area contributed by atoms with Crippen LogP contribution in [0.3, 0.4) is 0 Å². The first-order chi connectivity index (χ1) is 12.4. The second-order valence-corrected chi connectivity index (χ2v) is 6.81. The van der Waals surface area contributed by atoms with E-state index in [1.807, 2.05) is 43.3 Å². The summed E-state index contributed by atoms with van der Waals surface area (Å²) in [5, 5.41) is 8.71. The van der Waals surface area contributed by atoms with Crippen LogP contribution in [0.15, 0.2) is 53.6 Å². The fourth-order valence-electron chi connectivity index (χ4n) is 2.80. The molecule has 0 amide bonds. The molecule has 1 N–H and O–H groups in total. The molecule has 0 unspecified atom stereocenters. The van der Waals surface area contributed by atoms with E-state index >= 15 is 0 Å². The zero-order valence-corrected chi connectivity index (χ0v) is 16.0.